The Morgan fingerprint density at radius 2 is 1.93 bits per heavy atom. The first-order chi connectivity index (χ1) is 13.2. The van der Waals surface area contributed by atoms with Crippen LogP contribution in [-0.4, -0.2) is 32.4 Å². The highest BCUT2D eigenvalue weighted by molar-refractivity contribution is 6.04. The second-order valence-corrected chi connectivity index (χ2v) is 5.95. The van der Waals surface area contributed by atoms with Crippen molar-refractivity contribution in [3.63, 3.8) is 0 Å². The van der Waals surface area contributed by atoms with Gasteiger partial charge in [-0.2, -0.15) is 0 Å². The van der Waals surface area contributed by atoms with Crippen LogP contribution in [0.15, 0.2) is 61.1 Å². The standard InChI is InChI=1S/C20H17N5O2/c1-13-7-3-4-8-14(13)18-19(25-10-6-5-9-16(25)23-18)24-20(26)15-11-17(27-2)22-12-21-15/h3-12H,1-2H3,(H,24,26). The molecule has 134 valence electrons. The number of carbonyl (C=O) groups excluding carboxylic acids is 1. The summed E-state index contributed by atoms with van der Waals surface area (Å²) in [7, 11) is 1.49. The monoisotopic (exact) mass is 359 g/mol. The van der Waals surface area contributed by atoms with Gasteiger partial charge in [-0.05, 0) is 24.6 Å². The summed E-state index contributed by atoms with van der Waals surface area (Å²) in [6.07, 6.45) is 3.16. The van der Waals surface area contributed by atoms with Gasteiger partial charge in [0, 0.05) is 17.8 Å². The molecule has 0 aliphatic rings. The molecule has 27 heavy (non-hydrogen) atoms. The zero-order chi connectivity index (χ0) is 18.8. The number of hydrogen-bond donors (Lipinski definition) is 1. The van der Waals surface area contributed by atoms with Crippen LogP contribution in [0.1, 0.15) is 16.1 Å². The minimum atomic E-state index is -0.365. The topological polar surface area (TPSA) is 81.4 Å². The fourth-order valence-electron chi connectivity index (χ4n) is 2.89. The maximum atomic E-state index is 12.8. The second-order valence-electron chi connectivity index (χ2n) is 5.95. The van der Waals surface area contributed by atoms with Crippen LogP contribution < -0.4 is 10.1 Å². The number of fused-ring (bicyclic) bond motifs is 1. The Bertz CT molecular complexity index is 1140. The van der Waals surface area contributed by atoms with E-state index in [0.717, 1.165) is 16.8 Å². The van der Waals surface area contributed by atoms with E-state index >= 15 is 0 Å². The summed E-state index contributed by atoms with van der Waals surface area (Å²) < 4.78 is 6.92. The Hall–Kier alpha value is -3.74. The number of anilines is 1. The van der Waals surface area contributed by atoms with Crippen LogP contribution in [0.5, 0.6) is 5.88 Å². The number of benzene rings is 1. The summed E-state index contributed by atoms with van der Waals surface area (Å²) >= 11 is 0. The molecule has 0 unspecified atom stereocenters. The summed E-state index contributed by atoms with van der Waals surface area (Å²) in [5.74, 6) is 0.547. The number of amides is 1. The molecule has 4 rings (SSSR count). The second kappa shape index (κ2) is 6.87. The third kappa shape index (κ3) is 3.10. The minimum absolute atomic E-state index is 0.212. The van der Waals surface area contributed by atoms with Crippen LogP contribution in [0.25, 0.3) is 16.9 Å². The first kappa shape index (κ1) is 16.7. The fourth-order valence-corrected chi connectivity index (χ4v) is 2.89. The molecule has 0 saturated heterocycles. The number of nitrogens with one attached hydrogen (secondary N) is 1. The van der Waals surface area contributed by atoms with Gasteiger partial charge in [-0.25, -0.2) is 15.0 Å². The average Bonchev–Trinajstić information content (AvgIpc) is 3.06. The van der Waals surface area contributed by atoms with Gasteiger partial charge in [-0.1, -0.05) is 30.3 Å². The van der Waals surface area contributed by atoms with Crippen molar-refractivity contribution in [2.24, 2.45) is 0 Å². The van der Waals surface area contributed by atoms with Gasteiger partial charge in [0.15, 0.2) is 0 Å². The van der Waals surface area contributed by atoms with Crippen LogP contribution >= 0.6 is 0 Å². The highest BCUT2D eigenvalue weighted by Crippen LogP contribution is 2.31. The van der Waals surface area contributed by atoms with E-state index in [1.165, 1.54) is 19.5 Å². The van der Waals surface area contributed by atoms with Gasteiger partial charge in [0.1, 0.15) is 29.2 Å². The van der Waals surface area contributed by atoms with Crippen molar-refractivity contribution in [1.82, 2.24) is 19.4 Å². The lowest BCUT2D eigenvalue weighted by Gasteiger charge is -2.09. The molecule has 7 heteroatoms. The van der Waals surface area contributed by atoms with E-state index in [1.54, 1.807) is 0 Å². The first-order valence-electron chi connectivity index (χ1n) is 8.38. The smallest absolute Gasteiger partial charge is 0.275 e. The molecule has 3 aromatic heterocycles. The third-order valence-corrected chi connectivity index (χ3v) is 4.25. The van der Waals surface area contributed by atoms with E-state index in [2.05, 4.69) is 15.3 Å². The molecule has 0 radical (unpaired) electrons. The van der Waals surface area contributed by atoms with Crippen LogP contribution in [0.4, 0.5) is 5.82 Å². The number of ether oxygens (including phenoxy) is 1. The van der Waals surface area contributed by atoms with Gasteiger partial charge < -0.3 is 10.1 Å². The Morgan fingerprint density at radius 3 is 2.74 bits per heavy atom. The van der Waals surface area contributed by atoms with Crippen LogP contribution in [0.3, 0.4) is 0 Å². The van der Waals surface area contributed by atoms with E-state index in [4.69, 9.17) is 9.72 Å². The van der Waals surface area contributed by atoms with Crippen molar-refractivity contribution in [1.29, 1.82) is 0 Å². The molecule has 0 atom stereocenters. The number of rotatable bonds is 4. The van der Waals surface area contributed by atoms with Gasteiger partial charge in [-0.3, -0.25) is 9.20 Å². The highest BCUT2D eigenvalue weighted by Gasteiger charge is 2.19. The van der Waals surface area contributed by atoms with Crippen LogP contribution in [0, 0.1) is 6.92 Å². The number of carbonyl (C=O) groups is 1. The number of aryl methyl sites for hydroxylation is 1. The summed E-state index contributed by atoms with van der Waals surface area (Å²) in [6.45, 7) is 2.01. The quantitative estimate of drug-likeness (QED) is 0.604. The summed E-state index contributed by atoms with van der Waals surface area (Å²) in [5, 5.41) is 2.94. The number of imidazole rings is 1. The van der Waals surface area contributed by atoms with E-state index in [9.17, 15) is 4.79 Å². The van der Waals surface area contributed by atoms with Gasteiger partial charge in [0.05, 0.1) is 7.11 Å². The Morgan fingerprint density at radius 1 is 1.11 bits per heavy atom. The molecular formula is C20H17N5O2. The van der Waals surface area contributed by atoms with Crippen molar-refractivity contribution in [2.45, 2.75) is 6.92 Å². The predicted octanol–water partition coefficient (Wildman–Crippen LogP) is 3.36. The molecule has 0 saturated carbocycles. The summed E-state index contributed by atoms with van der Waals surface area (Å²) in [4.78, 5) is 25.5. The summed E-state index contributed by atoms with van der Waals surface area (Å²) in [6, 6.07) is 15.1. The molecule has 0 aliphatic heterocycles. The number of methoxy groups -OCH3 is 1. The molecule has 0 fully saturated rings. The number of pyridine rings is 1. The van der Waals surface area contributed by atoms with Crippen LogP contribution in [0.2, 0.25) is 0 Å². The van der Waals surface area contributed by atoms with Crippen molar-refractivity contribution < 1.29 is 9.53 Å². The molecular weight excluding hydrogens is 342 g/mol. The van der Waals surface area contributed by atoms with E-state index in [1.807, 2.05) is 60.0 Å². The van der Waals surface area contributed by atoms with Crippen molar-refractivity contribution in [3.8, 4) is 17.1 Å². The maximum absolute atomic E-state index is 12.8. The lowest BCUT2D eigenvalue weighted by molar-refractivity contribution is 0.102. The van der Waals surface area contributed by atoms with Crippen molar-refractivity contribution in [3.05, 3.63) is 72.3 Å². The van der Waals surface area contributed by atoms with E-state index in [0.29, 0.717) is 17.4 Å². The number of hydrogen-bond acceptors (Lipinski definition) is 5. The predicted molar refractivity (Wildman–Crippen MR) is 102 cm³/mol. The zero-order valence-electron chi connectivity index (χ0n) is 14.9. The molecule has 0 aliphatic carbocycles. The summed E-state index contributed by atoms with van der Waals surface area (Å²) in [5.41, 5.74) is 3.68. The minimum Gasteiger partial charge on any atom is -0.481 e. The van der Waals surface area contributed by atoms with Crippen LogP contribution in [-0.2, 0) is 0 Å². The Balaban J connectivity index is 1.82. The Kier molecular flexibility index (Phi) is 4.25. The maximum Gasteiger partial charge on any atom is 0.275 e. The molecule has 0 bridgehead atoms. The Labute approximate surface area is 155 Å². The normalized spacial score (nSPS) is 10.7. The molecule has 1 amide bonds. The highest BCUT2D eigenvalue weighted by atomic mass is 16.5. The molecule has 4 aromatic rings. The number of aromatic nitrogens is 4. The van der Waals surface area contributed by atoms with Gasteiger partial charge in [0.25, 0.3) is 5.91 Å². The SMILES string of the molecule is COc1cc(C(=O)Nc2c(-c3ccccc3C)nc3ccccn23)ncn1. The average molecular weight is 359 g/mol. The molecule has 1 N–H and O–H groups in total. The van der Waals surface area contributed by atoms with Gasteiger partial charge in [-0.15, -0.1) is 0 Å². The molecule has 1 aromatic carbocycles. The largest absolute Gasteiger partial charge is 0.481 e. The van der Waals surface area contributed by atoms with Crippen molar-refractivity contribution in [2.75, 3.05) is 12.4 Å². The fraction of sp³-hybridized carbons (Fsp3) is 0.100. The molecule has 3 heterocycles. The van der Waals surface area contributed by atoms with Crippen molar-refractivity contribution >= 4 is 17.4 Å². The molecule has 7 nitrogen and oxygen atoms in total. The molecule has 0 spiro atoms. The van der Waals surface area contributed by atoms with Gasteiger partial charge >= 0.3 is 0 Å². The van der Waals surface area contributed by atoms with E-state index in [-0.39, 0.29) is 11.6 Å². The lowest BCUT2D eigenvalue weighted by atomic mass is 10.1. The van der Waals surface area contributed by atoms with Gasteiger partial charge in [0.2, 0.25) is 5.88 Å². The zero-order valence-corrected chi connectivity index (χ0v) is 14.9. The number of nitrogens with zero attached hydrogens (tertiary/aromatic N) is 4. The van der Waals surface area contributed by atoms with E-state index < -0.39 is 0 Å². The third-order valence-electron chi connectivity index (χ3n) is 4.25. The first-order valence-corrected chi connectivity index (χ1v) is 8.38. The lowest BCUT2D eigenvalue weighted by Crippen LogP contribution is -2.16.